The standard InChI is InChI=1S/C18H24N/c1-13-7-10-17(19(6)12-13)16-9-8-15(11-14(16)2)18(3,4)5/h7-12H,1-6H3/q+1. The number of aryl methyl sites for hydroxylation is 3. The molecule has 0 bridgehead atoms. The zero-order valence-corrected chi connectivity index (χ0v) is 12.9. The molecule has 1 nitrogen and oxygen atoms in total. The van der Waals surface area contributed by atoms with Crippen molar-refractivity contribution in [2.24, 2.45) is 7.05 Å². The molecule has 0 spiro atoms. The quantitative estimate of drug-likeness (QED) is 0.675. The summed E-state index contributed by atoms with van der Waals surface area (Å²) >= 11 is 0. The molecule has 2 aromatic rings. The Morgan fingerprint density at radius 2 is 1.63 bits per heavy atom. The van der Waals surface area contributed by atoms with Crippen LogP contribution in [0.4, 0.5) is 0 Å². The van der Waals surface area contributed by atoms with Gasteiger partial charge in [-0.1, -0.05) is 32.9 Å². The van der Waals surface area contributed by atoms with E-state index in [1.165, 1.54) is 27.9 Å². The number of hydrogen-bond acceptors (Lipinski definition) is 0. The molecule has 0 saturated heterocycles. The minimum Gasteiger partial charge on any atom is -0.201 e. The van der Waals surface area contributed by atoms with Crippen molar-refractivity contribution >= 4 is 0 Å². The van der Waals surface area contributed by atoms with Gasteiger partial charge in [0, 0.05) is 17.2 Å². The molecule has 0 aliphatic carbocycles. The van der Waals surface area contributed by atoms with E-state index >= 15 is 0 Å². The van der Waals surface area contributed by atoms with E-state index in [9.17, 15) is 0 Å². The average Bonchev–Trinajstić information content (AvgIpc) is 2.28. The van der Waals surface area contributed by atoms with Crippen LogP contribution in [0.25, 0.3) is 11.3 Å². The topological polar surface area (TPSA) is 3.88 Å². The second-order valence-electron chi connectivity index (χ2n) is 6.48. The van der Waals surface area contributed by atoms with Crippen LogP contribution in [0.15, 0.2) is 36.5 Å². The summed E-state index contributed by atoms with van der Waals surface area (Å²) in [5.41, 5.74) is 6.81. The predicted molar refractivity (Wildman–Crippen MR) is 81.2 cm³/mol. The van der Waals surface area contributed by atoms with E-state index in [1.807, 2.05) is 0 Å². The molecule has 0 saturated carbocycles. The normalized spacial score (nSPS) is 11.7. The molecule has 0 fully saturated rings. The molecule has 1 aromatic heterocycles. The fourth-order valence-corrected chi connectivity index (χ4v) is 2.44. The molecule has 0 radical (unpaired) electrons. The Bertz CT molecular complexity index is 604. The Morgan fingerprint density at radius 3 is 2.16 bits per heavy atom. The van der Waals surface area contributed by atoms with Gasteiger partial charge in [-0.2, -0.15) is 0 Å². The number of aromatic nitrogens is 1. The van der Waals surface area contributed by atoms with Crippen LogP contribution in [-0.4, -0.2) is 0 Å². The Hall–Kier alpha value is -1.63. The SMILES string of the molecule is Cc1ccc(-c2ccc(C(C)(C)C)cc2C)[n+](C)c1. The molecular weight excluding hydrogens is 230 g/mol. The minimum absolute atomic E-state index is 0.207. The maximum Gasteiger partial charge on any atom is 0.212 e. The zero-order valence-electron chi connectivity index (χ0n) is 12.9. The molecule has 0 amide bonds. The summed E-state index contributed by atoms with van der Waals surface area (Å²) in [6.45, 7) is 11.1. The van der Waals surface area contributed by atoms with E-state index in [0.717, 1.165) is 0 Å². The lowest BCUT2D eigenvalue weighted by Crippen LogP contribution is -2.31. The number of rotatable bonds is 1. The van der Waals surface area contributed by atoms with Crippen molar-refractivity contribution < 1.29 is 4.57 Å². The molecule has 0 atom stereocenters. The molecule has 0 aliphatic rings. The highest BCUT2D eigenvalue weighted by Crippen LogP contribution is 2.28. The largest absolute Gasteiger partial charge is 0.212 e. The van der Waals surface area contributed by atoms with Gasteiger partial charge in [-0.25, -0.2) is 4.57 Å². The Morgan fingerprint density at radius 1 is 0.947 bits per heavy atom. The van der Waals surface area contributed by atoms with Gasteiger partial charge in [-0.05, 0) is 42.5 Å². The molecule has 19 heavy (non-hydrogen) atoms. The van der Waals surface area contributed by atoms with Crippen molar-refractivity contribution in [3.05, 3.63) is 53.2 Å². The zero-order chi connectivity index (χ0) is 14.2. The maximum atomic E-state index is 2.31. The molecule has 0 N–H and O–H groups in total. The van der Waals surface area contributed by atoms with Crippen molar-refractivity contribution in [3.63, 3.8) is 0 Å². The average molecular weight is 254 g/mol. The van der Waals surface area contributed by atoms with E-state index in [1.54, 1.807) is 0 Å². The van der Waals surface area contributed by atoms with Gasteiger partial charge in [-0.15, -0.1) is 0 Å². The molecule has 1 aromatic carbocycles. The maximum absolute atomic E-state index is 2.31. The summed E-state index contributed by atoms with van der Waals surface area (Å²) in [6, 6.07) is 11.2. The third kappa shape index (κ3) is 2.86. The summed E-state index contributed by atoms with van der Waals surface area (Å²) in [7, 11) is 2.11. The van der Waals surface area contributed by atoms with Crippen LogP contribution in [0.5, 0.6) is 0 Å². The Labute approximate surface area is 116 Å². The number of pyridine rings is 1. The van der Waals surface area contributed by atoms with Gasteiger partial charge in [0.25, 0.3) is 0 Å². The lowest BCUT2D eigenvalue weighted by atomic mass is 9.85. The van der Waals surface area contributed by atoms with Crippen LogP contribution in [0.1, 0.15) is 37.5 Å². The summed E-state index contributed by atoms with van der Waals surface area (Å²) in [6.07, 6.45) is 2.17. The van der Waals surface area contributed by atoms with Crippen molar-refractivity contribution in [1.82, 2.24) is 0 Å². The minimum atomic E-state index is 0.207. The lowest BCUT2D eigenvalue weighted by Gasteiger charge is -2.20. The summed E-state index contributed by atoms with van der Waals surface area (Å²) in [5.74, 6) is 0. The molecule has 1 heteroatoms. The Kier molecular flexibility index (Phi) is 3.49. The molecular formula is C18H24N+. The van der Waals surface area contributed by atoms with Crippen LogP contribution in [0.2, 0.25) is 0 Å². The first kappa shape index (κ1) is 13.8. The lowest BCUT2D eigenvalue weighted by molar-refractivity contribution is -0.660. The first-order valence-electron chi connectivity index (χ1n) is 6.87. The van der Waals surface area contributed by atoms with Gasteiger partial charge >= 0.3 is 0 Å². The van der Waals surface area contributed by atoms with Crippen molar-refractivity contribution in [2.75, 3.05) is 0 Å². The van der Waals surface area contributed by atoms with E-state index in [4.69, 9.17) is 0 Å². The van der Waals surface area contributed by atoms with E-state index < -0.39 is 0 Å². The van der Waals surface area contributed by atoms with Crippen molar-refractivity contribution in [1.29, 1.82) is 0 Å². The van der Waals surface area contributed by atoms with Gasteiger partial charge in [0.1, 0.15) is 7.05 Å². The molecule has 100 valence electrons. The molecule has 0 unspecified atom stereocenters. The van der Waals surface area contributed by atoms with Gasteiger partial charge in [0.05, 0.1) is 0 Å². The van der Waals surface area contributed by atoms with Gasteiger partial charge in [0.2, 0.25) is 5.69 Å². The predicted octanol–water partition coefficient (Wildman–Crippen LogP) is 4.09. The van der Waals surface area contributed by atoms with E-state index in [-0.39, 0.29) is 5.41 Å². The van der Waals surface area contributed by atoms with Crippen molar-refractivity contribution in [3.8, 4) is 11.3 Å². The second kappa shape index (κ2) is 4.80. The smallest absolute Gasteiger partial charge is 0.201 e. The van der Waals surface area contributed by atoms with Crippen LogP contribution >= 0.6 is 0 Å². The molecule has 0 aliphatic heterocycles. The highest BCUT2D eigenvalue weighted by atomic mass is 14.9. The fourth-order valence-electron chi connectivity index (χ4n) is 2.44. The highest BCUT2D eigenvalue weighted by Gasteiger charge is 2.17. The van der Waals surface area contributed by atoms with Crippen LogP contribution < -0.4 is 4.57 Å². The Balaban J connectivity index is 2.52. The first-order valence-corrected chi connectivity index (χ1v) is 6.87. The van der Waals surface area contributed by atoms with E-state index in [0.29, 0.717) is 0 Å². The molecule has 1 heterocycles. The summed E-state index contributed by atoms with van der Waals surface area (Å²) in [4.78, 5) is 0. The first-order chi connectivity index (χ1) is 8.79. The monoisotopic (exact) mass is 254 g/mol. The number of nitrogens with zero attached hydrogens (tertiary/aromatic N) is 1. The highest BCUT2D eigenvalue weighted by molar-refractivity contribution is 5.62. The summed E-state index contributed by atoms with van der Waals surface area (Å²) in [5, 5.41) is 0. The third-order valence-electron chi connectivity index (χ3n) is 3.65. The van der Waals surface area contributed by atoms with Gasteiger partial charge in [-0.3, -0.25) is 0 Å². The third-order valence-corrected chi connectivity index (χ3v) is 3.65. The summed E-state index contributed by atoms with van der Waals surface area (Å²) < 4.78 is 2.20. The van der Waals surface area contributed by atoms with Crippen LogP contribution in [0.3, 0.4) is 0 Å². The van der Waals surface area contributed by atoms with Crippen LogP contribution in [-0.2, 0) is 12.5 Å². The van der Waals surface area contributed by atoms with Gasteiger partial charge in [0.15, 0.2) is 6.20 Å². The van der Waals surface area contributed by atoms with E-state index in [2.05, 4.69) is 82.8 Å². The molecule has 2 rings (SSSR count). The van der Waals surface area contributed by atoms with Gasteiger partial charge < -0.3 is 0 Å². The number of hydrogen-bond donors (Lipinski definition) is 0. The second-order valence-corrected chi connectivity index (χ2v) is 6.48. The van der Waals surface area contributed by atoms with Crippen molar-refractivity contribution in [2.45, 2.75) is 40.0 Å². The number of benzene rings is 1. The van der Waals surface area contributed by atoms with Crippen LogP contribution in [0, 0.1) is 13.8 Å². The fraction of sp³-hybridized carbons (Fsp3) is 0.389.